The summed E-state index contributed by atoms with van der Waals surface area (Å²) in [6, 6.07) is 19.3. The van der Waals surface area contributed by atoms with E-state index in [9.17, 15) is 0 Å². The van der Waals surface area contributed by atoms with Gasteiger partial charge in [-0.2, -0.15) is 4.98 Å². The maximum atomic E-state index is 4.62. The Bertz CT molecular complexity index is 1200. The number of fused-ring (bicyclic) bond motifs is 1. The van der Waals surface area contributed by atoms with Gasteiger partial charge in [-0.25, -0.2) is 9.97 Å². The summed E-state index contributed by atoms with van der Waals surface area (Å²) in [4.78, 5) is 21.4. The van der Waals surface area contributed by atoms with Crippen LogP contribution >= 0.6 is 0 Å². The molecular weight excluding hydrogens is 412 g/mol. The van der Waals surface area contributed by atoms with Gasteiger partial charge in [-0.05, 0) is 36.6 Å². The Kier molecular flexibility index (Phi) is 6.08. The number of hydrogen-bond donors (Lipinski definition) is 3. The molecule has 0 bridgehead atoms. The van der Waals surface area contributed by atoms with Crippen LogP contribution < -0.4 is 15.5 Å². The Morgan fingerprint density at radius 2 is 1.85 bits per heavy atom. The van der Waals surface area contributed by atoms with Crippen LogP contribution in [0.1, 0.15) is 18.4 Å². The topological polar surface area (TPSA) is 85.0 Å². The minimum atomic E-state index is 0.381. The van der Waals surface area contributed by atoms with Gasteiger partial charge in [0.15, 0.2) is 11.5 Å². The van der Waals surface area contributed by atoms with Crippen molar-refractivity contribution >= 4 is 34.3 Å². The zero-order chi connectivity index (χ0) is 22.6. The van der Waals surface area contributed by atoms with Crippen LogP contribution in [-0.4, -0.2) is 58.1 Å². The van der Waals surface area contributed by atoms with E-state index < -0.39 is 0 Å². The third-order valence-electron chi connectivity index (χ3n) is 6.09. The lowest BCUT2D eigenvalue weighted by Gasteiger charge is -2.32. The second-order valence-electron chi connectivity index (χ2n) is 8.76. The largest absolute Gasteiger partial charge is 0.378 e. The number of aromatic amines is 1. The Morgan fingerprint density at radius 1 is 1.03 bits per heavy atom. The first-order valence-corrected chi connectivity index (χ1v) is 11.4. The molecule has 170 valence electrons. The monoisotopic (exact) mass is 442 g/mol. The van der Waals surface area contributed by atoms with Crippen molar-refractivity contribution in [2.45, 2.75) is 25.4 Å². The lowest BCUT2D eigenvalue weighted by Crippen LogP contribution is -2.38. The number of nitrogens with one attached hydrogen (secondary N) is 3. The Hall–Kier alpha value is -3.65. The van der Waals surface area contributed by atoms with E-state index >= 15 is 0 Å². The molecule has 2 aromatic carbocycles. The normalized spacial score (nSPS) is 15.0. The number of likely N-dealkylation sites (tertiary alicyclic amines) is 1. The van der Waals surface area contributed by atoms with Crippen LogP contribution in [0.3, 0.4) is 0 Å². The number of piperidine rings is 1. The van der Waals surface area contributed by atoms with Crippen LogP contribution in [-0.2, 0) is 6.54 Å². The quantitative estimate of drug-likeness (QED) is 0.395. The SMILES string of the molecule is CN(C)c1cccc(Nc2nc3ncnc(NC4CCN(Cc5ccccc5)CC4)c3[nH]2)c1. The van der Waals surface area contributed by atoms with Gasteiger partial charge in [-0.1, -0.05) is 36.4 Å². The highest BCUT2D eigenvalue weighted by molar-refractivity contribution is 5.85. The molecule has 33 heavy (non-hydrogen) atoms. The fourth-order valence-electron chi connectivity index (χ4n) is 4.27. The zero-order valence-electron chi connectivity index (χ0n) is 19.1. The van der Waals surface area contributed by atoms with E-state index in [2.05, 4.69) is 82.8 Å². The van der Waals surface area contributed by atoms with Crippen molar-refractivity contribution in [1.29, 1.82) is 0 Å². The number of imidazole rings is 1. The molecule has 4 aromatic rings. The molecular formula is C25H30N8. The summed E-state index contributed by atoms with van der Waals surface area (Å²) in [6.45, 7) is 3.15. The van der Waals surface area contributed by atoms with Gasteiger partial charge < -0.3 is 20.5 Å². The third-order valence-corrected chi connectivity index (χ3v) is 6.09. The van der Waals surface area contributed by atoms with Gasteiger partial charge in [0.2, 0.25) is 5.95 Å². The van der Waals surface area contributed by atoms with Crippen molar-refractivity contribution in [3.05, 3.63) is 66.5 Å². The first-order chi connectivity index (χ1) is 16.1. The molecule has 5 rings (SSSR count). The average Bonchev–Trinajstić information content (AvgIpc) is 3.25. The van der Waals surface area contributed by atoms with Gasteiger partial charge in [0.25, 0.3) is 0 Å². The fraction of sp³-hybridized carbons (Fsp3) is 0.320. The second kappa shape index (κ2) is 9.46. The standard InChI is InChI=1S/C25H30N8/c1-32(2)21-10-6-9-20(15-21)29-25-30-22-23(26-17-27-24(22)31-25)28-19-11-13-33(14-12-19)16-18-7-4-3-5-8-18/h3-10,15,17,19H,11-14,16H2,1-2H3,(H3,26,27,28,29,30,31). The molecule has 0 atom stereocenters. The molecule has 0 aliphatic carbocycles. The Labute approximate surface area is 194 Å². The molecule has 2 aromatic heterocycles. The van der Waals surface area contributed by atoms with Crippen molar-refractivity contribution in [3.63, 3.8) is 0 Å². The Morgan fingerprint density at radius 3 is 2.64 bits per heavy atom. The highest BCUT2D eigenvalue weighted by atomic mass is 15.2. The molecule has 0 unspecified atom stereocenters. The van der Waals surface area contributed by atoms with Crippen LogP contribution in [0.4, 0.5) is 23.1 Å². The van der Waals surface area contributed by atoms with Crippen molar-refractivity contribution in [2.75, 3.05) is 42.7 Å². The van der Waals surface area contributed by atoms with Gasteiger partial charge in [-0.15, -0.1) is 0 Å². The maximum absolute atomic E-state index is 4.62. The van der Waals surface area contributed by atoms with Crippen molar-refractivity contribution < 1.29 is 0 Å². The molecule has 8 heteroatoms. The van der Waals surface area contributed by atoms with Crippen molar-refractivity contribution in [2.24, 2.45) is 0 Å². The Balaban J connectivity index is 1.24. The van der Waals surface area contributed by atoms with Gasteiger partial charge >= 0.3 is 0 Å². The van der Waals surface area contributed by atoms with Crippen LogP contribution in [0.5, 0.6) is 0 Å². The predicted molar refractivity (Wildman–Crippen MR) is 134 cm³/mol. The molecule has 1 aliphatic rings. The summed E-state index contributed by atoms with van der Waals surface area (Å²) in [5.41, 5.74) is 4.94. The predicted octanol–water partition coefficient (Wildman–Crippen LogP) is 4.24. The highest BCUT2D eigenvalue weighted by Gasteiger charge is 2.21. The van der Waals surface area contributed by atoms with Crippen molar-refractivity contribution in [3.8, 4) is 0 Å². The van der Waals surface area contributed by atoms with E-state index in [4.69, 9.17) is 0 Å². The number of aromatic nitrogens is 4. The minimum absolute atomic E-state index is 0.381. The number of H-pyrrole nitrogens is 1. The van der Waals surface area contributed by atoms with Gasteiger partial charge in [-0.3, -0.25) is 4.90 Å². The summed E-state index contributed by atoms with van der Waals surface area (Å²) >= 11 is 0. The molecule has 1 aliphatic heterocycles. The zero-order valence-corrected chi connectivity index (χ0v) is 19.1. The number of anilines is 4. The van der Waals surface area contributed by atoms with E-state index in [0.717, 1.165) is 55.2 Å². The van der Waals surface area contributed by atoms with Crippen LogP contribution in [0.25, 0.3) is 11.2 Å². The molecule has 0 saturated carbocycles. The van der Waals surface area contributed by atoms with E-state index in [-0.39, 0.29) is 0 Å². The lowest BCUT2D eigenvalue weighted by atomic mass is 10.0. The molecule has 0 spiro atoms. The molecule has 3 heterocycles. The molecule has 8 nitrogen and oxygen atoms in total. The fourth-order valence-corrected chi connectivity index (χ4v) is 4.27. The molecule has 3 N–H and O–H groups in total. The minimum Gasteiger partial charge on any atom is -0.378 e. The number of rotatable bonds is 7. The van der Waals surface area contributed by atoms with Crippen LogP contribution in [0, 0.1) is 0 Å². The van der Waals surface area contributed by atoms with Crippen LogP contribution in [0.15, 0.2) is 60.9 Å². The van der Waals surface area contributed by atoms with E-state index in [0.29, 0.717) is 17.6 Å². The maximum Gasteiger partial charge on any atom is 0.207 e. The molecule has 1 fully saturated rings. The number of nitrogens with zero attached hydrogens (tertiary/aromatic N) is 5. The van der Waals surface area contributed by atoms with Crippen molar-refractivity contribution in [1.82, 2.24) is 24.8 Å². The first-order valence-electron chi connectivity index (χ1n) is 11.4. The second-order valence-corrected chi connectivity index (χ2v) is 8.76. The van der Waals surface area contributed by atoms with E-state index in [1.54, 1.807) is 6.33 Å². The summed E-state index contributed by atoms with van der Waals surface area (Å²) in [5, 5.41) is 6.98. The summed E-state index contributed by atoms with van der Waals surface area (Å²) in [5.74, 6) is 1.46. The summed E-state index contributed by atoms with van der Waals surface area (Å²) in [7, 11) is 4.06. The van der Waals surface area contributed by atoms with Gasteiger partial charge in [0.1, 0.15) is 11.8 Å². The van der Waals surface area contributed by atoms with E-state index in [1.165, 1.54) is 5.56 Å². The molecule has 0 radical (unpaired) electrons. The smallest absolute Gasteiger partial charge is 0.207 e. The molecule has 1 saturated heterocycles. The van der Waals surface area contributed by atoms with E-state index in [1.807, 2.05) is 26.2 Å². The van der Waals surface area contributed by atoms with Gasteiger partial charge in [0.05, 0.1) is 0 Å². The third kappa shape index (κ3) is 5.06. The van der Waals surface area contributed by atoms with Crippen LogP contribution in [0.2, 0.25) is 0 Å². The summed E-state index contributed by atoms with van der Waals surface area (Å²) in [6.07, 6.45) is 3.73. The average molecular weight is 443 g/mol. The molecule has 0 amide bonds. The lowest BCUT2D eigenvalue weighted by molar-refractivity contribution is 0.211. The van der Waals surface area contributed by atoms with Gasteiger partial charge in [0, 0.05) is 51.1 Å². The summed E-state index contributed by atoms with van der Waals surface area (Å²) < 4.78 is 0. The first kappa shape index (κ1) is 21.2. The highest BCUT2D eigenvalue weighted by Crippen LogP contribution is 2.25. The number of benzene rings is 2. The number of hydrogen-bond acceptors (Lipinski definition) is 7.